The molecular weight excluding hydrogens is 428 g/mol. The molecule has 7 nitrogen and oxygen atoms in total. The van der Waals surface area contributed by atoms with E-state index >= 15 is 0 Å². The topological polar surface area (TPSA) is 73.9 Å². The third kappa shape index (κ3) is 5.31. The highest BCUT2D eigenvalue weighted by Crippen LogP contribution is 2.30. The van der Waals surface area contributed by atoms with Gasteiger partial charge in [0.2, 0.25) is 0 Å². The summed E-state index contributed by atoms with van der Waals surface area (Å²) in [6.45, 7) is 5.04. The molecule has 0 spiro atoms. The predicted molar refractivity (Wildman–Crippen MR) is 133 cm³/mol. The lowest BCUT2D eigenvalue weighted by atomic mass is 10.0. The first-order valence-electron chi connectivity index (χ1n) is 11.4. The Labute approximate surface area is 200 Å². The monoisotopic (exact) mass is 458 g/mol. The van der Waals surface area contributed by atoms with Gasteiger partial charge in [-0.1, -0.05) is 48.5 Å². The highest BCUT2D eigenvalue weighted by molar-refractivity contribution is 5.91. The zero-order valence-corrected chi connectivity index (χ0v) is 19.7. The number of carbonyl (C=O) groups is 2. The summed E-state index contributed by atoms with van der Waals surface area (Å²) >= 11 is 0. The molecule has 0 radical (unpaired) electrons. The van der Waals surface area contributed by atoms with E-state index in [4.69, 9.17) is 4.74 Å². The quantitative estimate of drug-likeness (QED) is 0.519. The summed E-state index contributed by atoms with van der Waals surface area (Å²) in [6, 6.07) is 22.4. The number of ether oxygens (including phenoxy) is 1. The molecule has 1 unspecified atom stereocenters. The minimum atomic E-state index is -0.449. The lowest BCUT2D eigenvalue weighted by Gasteiger charge is -2.24. The average Bonchev–Trinajstić information content (AvgIpc) is 3.15. The molecular formula is C27H30N4O3. The highest BCUT2D eigenvalue weighted by Gasteiger charge is 2.39. The summed E-state index contributed by atoms with van der Waals surface area (Å²) in [5.41, 5.74) is 7.93. The van der Waals surface area contributed by atoms with Crippen molar-refractivity contribution in [2.45, 2.75) is 26.3 Å². The molecule has 7 heteroatoms. The molecule has 0 bridgehead atoms. The van der Waals surface area contributed by atoms with Gasteiger partial charge in [-0.25, -0.2) is 20.0 Å². The first-order chi connectivity index (χ1) is 16.4. The van der Waals surface area contributed by atoms with Crippen LogP contribution in [-0.2, 0) is 6.42 Å². The number of urea groups is 2. The fraction of sp³-hybridized carbons (Fsp3) is 0.259. The van der Waals surface area contributed by atoms with Crippen molar-refractivity contribution in [3.05, 3.63) is 95.1 Å². The maximum atomic E-state index is 13.3. The van der Waals surface area contributed by atoms with Crippen molar-refractivity contribution in [1.29, 1.82) is 0 Å². The number of rotatable bonds is 7. The molecule has 0 aliphatic carbocycles. The molecule has 1 heterocycles. The number of carbonyl (C=O) groups excluding carboxylic acids is 2. The Kier molecular flexibility index (Phi) is 7.01. The molecule has 0 aromatic heterocycles. The van der Waals surface area contributed by atoms with Gasteiger partial charge in [-0.3, -0.25) is 0 Å². The maximum absolute atomic E-state index is 13.3. The number of nitrogens with one attached hydrogen (secondary N) is 2. The Morgan fingerprint density at radius 3 is 2.41 bits per heavy atom. The summed E-state index contributed by atoms with van der Waals surface area (Å²) in [6.07, 6.45) is 0.696. The fourth-order valence-corrected chi connectivity index (χ4v) is 4.08. The van der Waals surface area contributed by atoms with Crippen LogP contribution in [0.3, 0.4) is 0 Å². The number of anilines is 1. The second-order valence-corrected chi connectivity index (χ2v) is 8.48. The first kappa shape index (κ1) is 23.2. The van der Waals surface area contributed by atoms with Gasteiger partial charge in [-0.2, -0.15) is 0 Å². The number of para-hydroxylation sites is 1. The fourth-order valence-electron chi connectivity index (χ4n) is 4.08. The summed E-state index contributed by atoms with van der Waals surface area (Å²) in [5, 5.41) is 4.16. The number of benzene rings is 3. The number of methoxy groups -OCH3 is 1. The van der Waals surface area contributed by atoms with Gasteiger partial charge in [0.15, 0.2) is 0 Å². The minimum absolute atomic E-state index is 0.165. The Hall–Kier alpha value is -4.00. The van der Waals surface area contributed by atoms with Crippen molar-refractivity contribution in [2.24, 2.45) is 0 Å². The molecule has 1 aliphatic rings. The third-order valence-electron chi connectivity index (χ3n) is 6.19. The van der Waals surface area contributed by atoms with Crippen LogP contribution in [-0.4, -0.2) is 42.2 Å². The van der Waals surface area contributed by atoms with E-state index in [0.717, 1.165) is 16.9 Å². The van der Waals surface area contributed by atoms with Crippen molar-refractivity contribution in [2.75, 3.05) is 25.5 Å². The van der Waals surface area contributed by atoms with E-state index in [2.05, 4.69) is 42.8 Å². The van der Waals surface area contributed by atoms with E-state index in [0.29, 0.717) is 25.2 Å². The molecule has 1 aliphatic heterocycles. The standard InChI is InChI=1S/C27H30N4O3/c1-19-9-12-22(17-20(19)2)25-18-31(29-26(32)28-23-7-5-4-6-8-23)27(33)30(25)16-15-21-10-13-24(34-3)14-11-21/h4-14,17,25H,15-16,18H2,1-3H3,(H2,28,29,32). The van der Waals surface area contributed by atoms with Gasteiger partial charge in [0.1, 0.15) is 5.75 Å². The molecule has 176 valence electrons. The Morgan fingerprint density at radius 2 is 1.74 bits per heavy atom. The zero-order chi connectivity index (χ0) is 24.1. The number of aryl methyl sites for hydroxylation is 2. The maximum Gasteiger partial charge on any atom is 0.339 e. The van der Waals surface area contributed by atoms with Gasteiger partial charge >= 0.3 is 12.1 Å². The van der Waals surface area contributed by atoms with Crippen LogP contribution in [0.25, 0.3) is 0 Å². The second kappa shape index (κ2) is 10.3. The van der Waals surface area contributed by atoms with Crippen LogP contribution >= 0.6 is 0 Å². The van der Waals surface area contributed by atoms with E-state index in [-0.39, 0.29) is 12.1 Å². The van der Waals surface area contributed by atoms with Crippen molar-refractivity contribution in [1.82, 2.24) is 15.3 Å². The molecule has 1 saturated heterocycles. The molecule has 1 atom stereocenters. The Bertz CT molecular complexity index is 1150. The lowest BCUT2D eigenvalue weighted by molar-refractivity contribution is 0.173. The van der Waals surface area contributed by atoms with Gasteiger partial charge in [0.05, 0.1) is 19.7 Å². The molecule has 4 rings (SSSR count). The van der Waals surface area contributed by atoms with Crippen molar-refractivity contribution in [3.8, 4) is 5.75 Å². The number of amides is 4. The number of nitrogens with zero attached hydrogens (tertiary/aromatic N) is 2. The van der Waals surface area contributed by atoms with Crippen LogP contribution in [0, 0.1) is 13.8 Å². The zero-order valence-electron chi connectivity index (χ0n) is 19.7. The molecule has 2 N–H and O–H groups in total. The second-order valence-electron chi connectivity index (χ2n) is 8.48. The van der Waals surface area contributed by atoms with E-state index in [1.54, 1.807) is 19.2 Å². The van der Waals surface area contributed by atoms with Crippen LogP contribution in [0.2, 0.25) is 0 Å². The molecule has 3 aromatic carbocycles. The van der Waals surface area contributed by atoms with Gasteiger partial charge in [0.25, 0.3) is 0 Å². The van der Waals surface area contributed by atoms with Crippen LogP contribution < -0.4 is 15.5 Å². The van der Waals surface area contributed by atoms with Crippen molar-refractivity contribution in [3.63, 3.8) is 0 Å². The number of hydrazine groups is 1. The predicted octanol–water partition coefficient (Wildman–Crippen LogP) is 5.07. The molecule has 4 amide bonds. The normalized spacial score (nSPS) is 15.4. The third-order valence-corrected chi connectivity index (χ3v) is 6.19. The molecule has 34 heavy (non-hydrogen) atoms. The van der Waals surface area contributed by atoms with Crippen LogP contribution in [0.1, 0.15) is 28.3 Å². The minimum Gasteiger partial charge on any atom is -0.497 e. The van der Waals surface area contributed by atoms with Gasteiger partial charge < -0.3 is 15.0 Å². The van der Waals surface area contributed by atoms with Gasteiger partial charge in [-0.05, 0) is 66.8 Å². The van der Waals surface area contributed by atoms with Crippen molar-refractivity contribution < 1.29 is 14.3 Å². The lowest BCUT2D eigenvalue weighted by Crippen LogP contribution is -2.46. The van der Waals surface area contributed by atoms with E-state index in [9.17, 15) is 9.59 Å². The number of hydrogen-bond donors (Lipinski definition) is 2. The Balaban J connectivity index is 1.50. The average molecular weight is 459 g/mol. The van der Waals surface area contributed by atoms with Crippen LogP contribution in [0.5, 0.6) is 5.75 Å². The van der Waals surface area contributed by atoms with Gasteiger partial charge in [-0.15, -0.1) is 0 Å². The smallest absolute Gasteiger partial charge is 0.339 e. The summed E-state index contributed by atoms with van der Waals surface area (Å²) < 4.78 is 5.24. The molecule has 0 saturated carbocycles. The highest BCUT2D eigenvalue weighted by atomic mass is 16.5. The van der Waals surface area contributed by atoms with Crippen molar-refractivity contribution >= 4 is 17.7 Å². The molecule has 3 aromatic rings. The van der Waals surface area contributed by atoms with E-state index in [1.807, 2.05) is 47.4 Å². The summed E-state index contributed by atoms with van der Waals surface area (Å²) in [5.74, 6) is 0.800. The first-order valence-corrected chi connectivity index (χ1v) is 11.4. The largest absolute Gasteiger partial charge is 0.497 e. The van der Waals surface area contributed by atoms with E-state index < -0.39 is 6.03 Å². The summed E-state index contributed by atoms with van der Waals surface area (Å²) in [4.78, 5) is 27.7. The molecule has 1 fully saturated rings. The van der Waals surface area contributed by atoms with Crippen LogP contribution in [0.15, 0.2) is 72.8 Å². The van der Waals surface area contributed by atoms with E-state index in [1.165, 1.54) is 16.1 Å². The Morgan fingerprint density at radius 1 is 1.00 bits per heavy atom. The summed E-state index contributed by atoms with van der Waals surface area (Å²) in [7, 11) is 1.64. The van der Waals surface area contributed by atoms with Crippen LogP contribution in [0.4, 0.5) is 15.3 Å². The number of hydrogen-bond acceptors (Lipinski definition) is 3. The van der Waals surface area contributed by atoms with Gasteiger partial charge in [0, 0.05) is 12.2 Å². The SMILES string of the molecule is COc1ccc(CCN2C(=O)N(NC(=O)Nc3ccccc3)CC2c2ccc(C)c(C)c2)cc1.